The Morgan fingerprint density at radius 3 is 2.67 bits per heavy atom. The summed E-state index contributed by atoms with van der Waals surface area (Å²) < 4.78 is 13.5. The second-order valence-electron chi connectivity index (χ2n) is 4.92. The van der Waals surface area contributed by atoms with E-state index in [-0.39, 0.29) is 21.9 Å². The van der Waals surface area contributed by atoms with Crippen LogP contribution in [0.2, 0.25) is 5.02 Å². The molecule has 0 radical (unpaired) electrons. The van der Waals surface area contributed by atoms with Crippen molar-refractivity contribution < 1.29 is 19.2 Å². The zero-order valence-electron chi connectivity index (χ0n) is 11.8. The van der Waals surface area contributed by atoms with Crippen LogP contribution in [-0.2, 0) is 0 Å². The van der Waals surface area contributed by atoms with Gasteiger partial charge in [0, 0.05) is 22.8 Å². The number of nitrogens with one attached hydrogen (secondary N) is 2. The lowest BCUT2D eigenvalue weighted by molar-refractivity contribution is -0.383. The van der Waals surface area contributed by atoms with E-state index in [0.717, 1.165) is 0 Å². The van der Waals surface area contributed by atoms with E-state index in [1.54, 1.807) is 0 Å². The van der Waals surface area contributed by atoms with Gasteiger partial charge in [-0.15, -0.1) is 0 Å². The van der Waals surface area contributed by atoms with E-state index in [4.69, 9.17) is 16.7 Å². The van der Waals surface area contributed by atoms with E-state index >= 15 is 0 Å². The number of carbonyl (C=O) groups is 1. The van der Waals surface area contributed by atoms with Crippen LogP contribution in [0.3, 0.4) is 0 Å². The zero-order chi connectivity index (χ0) is 17.4. The lowest BCUT2D eigenvalue weighted by Crippen LogP contribution is -1.96. The number of aromatic amines is 1. The van der Waals surface area contributed by atoms with Crippen molar-refractivity contribution >= 4 is 45.5 Å². The molecule has 0 atom stereocenters. The minimum absolute atomic E-state index is 0.0378. The number of carboxylic acid groups (broad SMARTS) is 1. The van der Waals surface area contributed by atoms with Crippen LogP contribution in [0.1, 0.15) is 10.5 Å². The predicted molar refractivity (Wildman–Crippen MR) is 86.6 cm³/mol. The number of hydrogen-bond donors (Lipinski definition) is 3. The third-order valence-corrected chi connectivity index (χ3v) is 3.70. The van der Waals surface area contributed by atoms with Crippen LogP contribution in [0.4, 0.5) is 21.5 Å². The van der Waals surface area contributed by atoms with Crippen molar-refractivity contribution in [3.8, 4) is 0 Å². The molecule has 0 aliphatic carbocycles. The molecule has 0 aliphatic rings. The molecule has 0 fully saturated rings. The van der Waals surface area contributed by atoms with Crippen LogP contribution in [0.25, 0.3) is 10.9 Å². The third-order valence-electron chi connectivity index (χ3n) is 3.40. The highest BCUT2D eigenvalue weighted by molar-refractivity contribution is 6.30. The molecule has 1 heterocycles. The van der Waals surface area contributed by atoms with Gasteiger partial charge in [0.15, 0.2) is 0 Å². The number of rotatable bonds is 4. The topological polar surface area (TPSA) is 108 Å². The molecule has 0 aliphatic heterocycles. The molecule has 3 rings (SSSR count). The van der Waals surface area contributed by atoms with Crippen LogP contribution in [0, 0.1) is 15.9 Å². The van der Waals surface area contributed by atoms with Gasteiger partial charge in [-0.25, -0.2) is 9.18 Å². The van der Waals surface area contributed by atoms with Crippen molar-refractivity contribution in [1.82, 2.24) is 4.98 Å². The number of fused-ring (bicyclic) bond motifs is 1. The van der Waals surface area contributed by atoms with Crippen molar-refractivity contribution in [2.45, 2.75) is 0 Å². The van der Waals surface area contributed by atoms with Gasteiger partial charge in [0.1, 0.15) is 17.0 Å². The number of non-ortho nitro benzene ring substituents is 1. The molecule has 7 nitrogen and oxygen atoms in total. The SMILES string of the molecule is O=C(O)c1cc2c(Nc3ccc(Cl)c(F)c3)ccc([N+](=O)[O-])c2[nH]1. The summed E-state index contributed by atoms with van der Waals surface area (Å²) in [5, 5.41) is 23.3. The molecule has 3 N–H and O–H groups in total. The van der Waals surface area contributed by atoms with Crippen molar-refractivity contribution in [1.29, 1.82) is 0 Å². The fourth-order valence-corrected chi connectivity index (χ4v) is 2.43. The Kier molecular flexibility index (Phi) is 3.82. The average molecular weight is 350 g/mol. The highest BCUT2D eigenvalue weighted by Gasteiger charge is 2.19. The van der Waals surface area contributed by atoms with E-state index in [1.807, 2.05) is 0 Å². The van der Waals surface area contributed by atoms with Gasteiger partial charge in [-0.1, -0.05) is 11.6 Å². The quantitative estimate of drug-likeness (QED) is 0.480. The molecule has 9 heteroatoms. The van der Waals surface area contributed by atoms with Gasteiger partial charge < -0.3 is 15.4 Å². The van der Waals surface area contributed by atoms with Gasteiger partial charge in [-0.3, -0.25) is 10.1 Å². The number of halogens is 2. The Morgan fingerprint density at radius 1 is 1.29 bits per heavy atom. The number of H-pyrrole nitrogens is 1. The Labute approximate surface area is 138 Å². The number of aromatic carboxylic acids is 1. The Bertz CT molecular complexity index is 986. The van der Waals surface area contributed by atoms with Crippen molar-refractivity contribution in [2.24, 2.45) is 0 Å². The van der Waals surface area contributed by atoms with Crippen molar-refractivity contribution in [3.05, 3.63) is 63.0 Å². The Morgan fingerprint density at radius 2 is 2.04 bits per heavy atom. The summed E-state index contributed by atoms with van der Waals surface area (Å²) in [4.78, 5) is 24.1. The monoisotopic (exact) mass is 349 g/mol. The molecular formula is C15H9ClFN3O4. The molecular weight excluding hydrogens is 341 g/mol. The summed E-state index contributed by atoms with van der Waals surface area (Å²) in [6.07, 6.45) is 0. The predicted octanol–water partition coefficient (Wildman–Crippen LogP) is 4.31. The van der Waals surface area contributed by atoms with E-state index in [9.17, 15) is 19.3 Å². The summed E-state index contributed by atoms with van der Waals surface area (Å²) in [5.41, 5.74) is 0.373. The van der Waals surface area contributed by atoms with E-state index in [1.165, 1.54) is 36.4 Å². The largest absolute Gasteiger partial charge is 0.477 e. The molecule has 24 heavy (non-hydrogen) atoms. The van der Waals surface area contributed by atoms with Crippen LogP contribution in [0.5, 0.6) is 0 Å². The molecule has 122 valence electrons. The minimum Gasteiger partial charge on any atom is -0.477 e. The summed E-state index contributed by atoms with van der Waals surface area (Å²) in [6.45, 7) is 0. The summed E-state index contributed by atoms with van der Waals surface area (Å²) in [5.74, 6) is -1.87. The van der Waals surface area contributed by atoms with Crippen LogP contribution >= 0.6 is 11.6 Å². The molecule has 3 aromatic rings. The number of hydrogen-bond acceptors (Lipinski definition) is 4. The first-order valence-electron chi connectivity index (χ1n) is 6.62. The molecule has 0 saturated heterocycles. The number of benzene rings is 2. The lowest BCUT2D eigenvalue weighted by Gasteiger charge is -2.08. The van der Waals surface area contributed by atoms with Gasteiger partial charge in [-0.05, 0) is 30.3 Å². The van der Waals surface area contributed by atoms with Crippen molar-refractivity contribution in [2.75, 3.05) is 5.32 Å². The first kappa shape index (κ1) is 15.8. The first-order valence-corrected chi connectivity index (χ1v) is 7.00. The van der Waals surface area contributed by atoms with Crippen LogP contribution in [0.15, 0.2) is 36.4 Å². The average Bonchev–Trinajstić information content (AvgIpc) is 2.96. The fourth-order valence-electron chi connectivity index (χ4n) is 2.31. The van der Waals surface area contributed by atoms with Crippen molar-refractivity contribution in [3.63, 3.8) is 0 Å². The van der Waals surface area contributed by atoms with Gasteiger partial charge in [0.25, 0.3) is 5.69 Å². The van der Waals surface area contributed by atoms with E-state index in [0.29, 0.717) is 16.8 Å². The zero-order valence-corrected chi connectivity index (χ0v) is 12.6. The molecule has 0 amide bonds. The summed E-state index contributed by atoms with van der Waals surface area (Å²) in [7, 11) is 0. The molecule has 0 saturated carbocycles. The highest BCUT2D eigenvalue weighted by Crippen LogP contribution is 2.34. The Balaban J connectivity index is 2.13. The maximum absolute atomic E-state index is 13.5. The molecule has 1 aromatic heterocycles. The number of nitrogens with zero attached hydrogens (tertiary/aromatic N) is 1. The molecule has 0 bridgehead atoms. The molecule has 0 spiro atoms. The van der Waals surface area contributed by atoms with Crippen LogP contribution in [-0.4, -0.2) is 21.0 Å². The normalized spacial score (nSPS) is 10.8. The first-order chi connectivity index (χ1) is 11.4. The number of aromatic nitrogens is 1. The fraction of sp³-hybridized carbons (Fsp3) is 0. The van der Waals surface area contributed by atoms with E-state index < -0.39 is 16.7 Å². The molecule has 2 aromatic carbocycles. The smallest absolute Gasteiger partial charge is 0.352 e. The van der Waals surface area contributed by atoms with Gasteiger partial charge in [-0.2, -0.15) is 0 Å². The Hall–Kier alpha value is -3.13. The second-order valence-corrected chi connectivity index (χ2v) is 5.33. The van der Waals surface area contributed by atoms with Gasteiger partial charge in [0.05, 0.1) is 9.95 Å². The summed E-state index contributed by atoms with van der Waals surface area (Å²) >= 11 is 5.62. The van der Waals surface area contributed by atoms with E-state index in [2.05, 4.69) is 10.3 Å². The third kappa shape index (κ3) is 2.74. The van der Waals surface area contributed by atoms with Gasteiger partial charge in [0.2, 0.25) is 0 Å². The maximum Gasteiger partial charge on any atom is 0.352 e. The number of carboxylic acids is 1. The minimum atomic E-state index is -1.25. The number of anilines is 2. The highest BCUT2D eigenvalue weighted by atomic mass is 35.5. The standard InChI is InChI=1S/C15H9ClFN3O4/c16-9-2-1-7(5-10(9)17)18-11-3-4-13(20(23)24)14-8(11)6-12(19-14)15(21)22/h1-6,18-19H,(H,21,22). The van der Waals surface area contributed by atoms with Crippen LogP contribution < -0.4 is 5.32 Å². The number of nitro benzene ring substituents is 1. The molecule has 0 unspecified atom stereocenters. The second kappa shape index (κ2) is 5.82. The maximum atomic E-state index is 13.5. The lowest BCUT2D eigenvalue weighted by atomic mass is 10.1. The van der Waals surface area contributed by atoms with Gasteiger partial charge >= 0.3 is 5.97 Å². The number of nitro groups is 1. The summed E-state index contributed by atoms with van der Waals surface area (Å²) in [6, 6.07) is 8.00.